The smallest absolute Gasteiger partial charge is 0.263 e. The number of fused-ring (bicyclic) bond motifs is 1. The number of halogens is 2. The SMILES string of the molecule is CS(=O)(=O)c1cccc(Cn2cnc3cccc(NC(O)c4cc(Cl)c(O)c(Cl)c4)c3c2=O)c1. The lowest BCUT2D eigenvalue weighted by atomic mass is 10.1. The van der Waals surface area contributed by atoms with Gasteiger partial charge in [0.2, 0.25) is 0 Å². The summed E-state index contributed by atoms with van der Waals surface area (Å²) in [5.41, 5.74) is 1.25. The van der Waals surface area contributed by atoms with Crippen LogP contribution in [0.25, 0.3) is 10.9 Å². The first-order valence-electron chi connectivity index (χ1n) is 9.94. The molecule has 0 radical (unpaired) electrons. The van der Waals surface area contributed by atoms with E-state index in [1.807, 2.05) is 0 Å². The number of phenols is 1. The number of nitrogens with zero attached hydrogens (tertiary/aromatic N) is 2. The number of hydrogen-bond acceptors (Lipinski definition) is 7. The predicted octanol–water partition coefficient (Wildman–Crippen LogP) is 3.96. The number of anilines is 1. The van der Waals surface area contributed by atoms with Crippen molar-refractivity contribution < 1.29 is 18.6 Å². The molecule has 4 rings (SSSR count). The van der Waals surface area contributed by atoms with Crippen LogP contribution in [0.1, 0.15) is 17.4 Å². The Hall–Kier alpha value is -3.11. The van der Waals surface area contributed by atoms with E-state index in [0.717, 1.165) is 6.26 Å². The maximum Gasteiger partial charge on any atom is 0.263 e. The highest BCUT2D eigenvalue weighted by Gasteiger charge is 2.16. The zero-order chi connectivity index (χ0) is 24.6. The molecule has 1 heterocycles. The Morgan fingerprint density at radius 1 is 1.09 bits per heavy atom. The van der Waals surface area contributed by atoms with E-state index in [2.05, 4.69) is 10.3 Å². The van der Waals surface area contributed by atoms with Gasteiger partial charge in [-0.25, -0.2) is 13.4 Å². The Kier molecular flexibility index (Phi) is 6.55. The minimum atomic E-state index is -3.39. The molecule has 0 fully saturated rings. The zero-order valence-corrected chi connectivity index (χ0v) is 20.1. The molecular formula is C23H19Cl2N3O5S. The molecule has 0 bridgehead atoms. The molecule has 4 aromatic rings. The van der Waals surface area contributed by atoms with E-state index in [1.165, 1.54) is 35.2 Å². The highest BCUT2D eigenvalue weighted by atomic mass is 35.5. The van der Waals surface area contributed by atoms with Crippen LogP contribution in [-0.4, -0.2) is 34.4 Å². The summed E-state index contributed by atoms with van der Waals surface area (Å²) in [5.74, 6) is -0.295. The number of benzene rings is 3. The average Bonchev–Trinajstić information content (AvgIpc) is 2.78. The van der Waals surface area contributed by atoms with Crippen molar-refractivity contribution in [1.82, 2.24) is 9.55 Å². The van der Waals surface area contributed by atoms with Crippen molar-refractivity contribution >= 4 is 49.6 Å². The van der Waals surface area contributed by atoms with Crippen molar-refractivity contribution in [3.05, 3.63) is 92.5 Å². The summed E-state index contributed by atoms with van der Waals surface area (Å²) in [6, 6.07) is 14.0. The van der Waals surface area contributed by atoms with Crippen LogP contribution in [0.5, 0.6) is 5.75 Å². The van der Waals surface area contributed by atoms with Gasteiger partial charge in [-0.15, -0.1) is 0 Å². The molecule has 0 amide bonds. The second kappa shape index (κ2) is 9.27. The van der Waals surface area contributed by atoms with Crippen molar-refractivity contribution in [2.75, 3.05) is 11.6 Å². The molecular weight excluding hydrogens is 501 g/mol. The predicted molar refractivity (Wildman–Crippen MR) is 131 cm³/mol. The van der Waals surface area contributed by atoms with Crippen LogP contribution in [-0.2, 0) is 16.4 Å². The minimum absolute atomic E-state index is 0.0263. The summed E-state index contributed by atoms with van der Waals surface area (Å²) in [6.07, 6.45) is 1.21. The normalized spacial score (nSPS) is 12.6. The number of rotatable bonds is 6. The van der Waals surface area contributed by atoms with Gasteiger partial charge < -0.3 is 15.5 Å². The van der Waals surface area contributed by atoms with Gasteiger partial charge in [-0.2, -0.15) is 0 Å². The van der Waals surface area contributed by atoms with Crippen molar-refractivity contribution in [2.24, 2.45) is 0 Å². The first-order chi connectivity index (χ1) is 16.0. The van der Waals surface area contributed by atoms with E-state index in [-0.39, 0.29) is 43.7 Å². The highest BCUT2D eigenvalue weighted by Crippen LogP contribution is 2.35. The van der Waals surface area contributed by atoms with E-state index in [0.29, 0.717) is 16.8 Å². The maximum atomic E-state index is 13.3. The second-order valence-electron chi connectivity index (χ2n) is 7.68. The lowest BCUT2D eigenvalue weighted by Crippen LogP contribution is -2.23. The molecule has 0 saturated carbocycles. The van der Waals surface area contributed by atoms with Gasteiger partial charge in [0.25, 0.3) is 5.56 Å². The molecule has 1 atom stereocenters. The molecule has 3 N–H and O–H groups in total. The second-order valence-corrected chi connectivity index (χ2v) is 10.5. The van der Waals surface area contributed by atoms with Gasteiger partial charge in [-0.05, 0) is 42.0 Å². The van der Waals surface area contributed by atoms with Crippen LogP contribution >= 0.6 is 23.2 Å². The van der Waals surface area contributed by atoms with Gasteiger partial charge >= 0.3 is 0 Å². The van der Waals surface area contributed by atoms with Crippen LogP contribution in [0, 0.1) is 0 Å². The Bertz CT molecular complexity index is 1550. The number of nitrogens with one attached hydrogen (secondary N) is 1. The monoisotopic (exact) mass is 519 g/mol. The first-order valence-corrected chi connectivity index (χ1v) is 12.6. The maximum absolute atomic E-state index is 13.3. The average molecular weight is 520 g/mol. The molecule has 0 saturated heterocycles. The summed E-state index contributed by atoms with van der Waals surface area (Å²) < 4.78 is 25.1. The molecule has 0 aliphatic heterocycles. The van der Waals surface area contributed by atoms with E-state index < -0.39 is 16.1 Å². The number of hydrogen-bond donors (Lipinski definition) is 3. The molecule has 0 spiro atoms. The Morgan fingerprint density at radius 2 is 1.76 bits per heavy atom. The van der Waals surface area contributed by atoms with E-state index in [4.69, 9.17) is 23.2 Å². The lowest BCUT2D eigenvalue weighted by Gasteiger charge is -2.17. The number of aromatic hydroxyl groups is 1. The van der Waals surface area contributed by atoms with Crippen LogP contribution < -0.4 is 10.9 Å². The van der Waals surface area contributed by atoms with Gasteiger partial charge in [-0.1, -0.05) is 41.4 Å². The van der Waals surface area contributed by atoms with Crippen LogP contribution in [0.3, 0.4) is 0 Å². The largest absolute Gasteiger partial charge is 0.505 e. The fourth-order valence-electron chi connectivity index (χ4n) is 3.48. The van der Waals surface area contributed by atoms with Gasteiger partial charge in [0.1, 0.15) is 0 Å². The number of aromatic nitrogens is 2. The summed E-state index contributed by atoms with van der Waals surface area (Å²) >= 11 is 11.9. The molecule has 0 aliphatic carbocycles. The quantitative estimate of drug-likeness (QED) is 0.329. The Morgan fingerprint density at radius 3 is 2.44 bits per heavy atom. The van der Waals surface area contributed by atoms with Crippen LogP contribution in [0.15, 0.2) is 70.6 Å². The third-order valence-electron chi connectivity index (χ3n) is 5.18. The molecule has 1 aromatic heterocycles. The third-order valence-corrected chi connectivity index (χ3v) is 6.87. The topological polar surface area (TPSA) is 122 Å². The van der Waals surface area contributed by atoms with Crippen molar-refractivity contribution in [1.29, 1.82) is 0 Å². The first kappa shape index (κ1) is 24.0. The van der Waals surface area contributed by atoms with Crippen molar-refractivity contribution in [3.8, 4) is 5.75 Å². The summed E-state index contributed by atoms with van der Waals surface area (Å²) in [7, 11) is -3.39. The number of phenolic OH excluding ortho intramolecular Hbond substituents is 1. The van der Waals surface area contributed by atoms with Crippen molar-refractivity contribution in [2.45, 2.75) is 17.7 Å². The number of sulfone groups is 1. The third kappa shape index (κ3) is 4.88. The molecule has 34 heavy (non-hydrogen) atoms. The molecule has 0 aliphatic rings. The molecule has 176 valence electrons. The standard InChI is InChI=1S/C23H19Cl2N3O5S/c1-34(32,33)15-5-2-4-13(8-15)11-28-12-26-18-6-3-7-19(20(18)23(28)31)27-22(30)14-9-16(24)21(29)17(25)10-14/h2-10,12,22,27,29-30H,11H2,1H3. The summed E-state index contributed by atoms with van der Waals surface area (Å²) in [4.78, 5) is 17.8. The Labute approximate surface area is 205 Å². The minimum Gasteiger partial charge on any atom is -0.505 e. The lowest BCUT2D eigenvalue weighted by molar-refractivity contribution is 0.208. The van der Waals surface area contributed by atoms with E-state index in [9.17, 15) is 23.4 Å². The van der Waals surface area contributed by atoms with Crippen LogP contribution in [0.2, 0.25) is 10.0 Å². The van der Waals surface area contributed by atoms with Crippen LogP contribution in [0.4, 0.5) is 5.69 Å². The van der Waals surface area contributed by atoms with Crippen molar-refractivity contribution in [3.63, 3.8) is 0 Å². The van der Waals surface area contributed by atoms with E-state index >= 15 is 0 Å². The molecule has 3 aromatic carbocycles. The fourth-order valence-corrected chi connectivity index (χ4v) is 4.67. The summed E-state index contributed by atoms with van der Waals surface area (Å²) in [6.45, 7) is 0.102. The molecule has 11 heteroatoms. The molecule has 1 unspecified atom stereocenters. The Balaban J connectivity index is 1.72. The summed E-state index contributed by atoms with van der Waals surface area (Å²) in [5, 5.41) is 23.5. The molecule has 8 nitrogen and oxygen atoms in total. The van der Waals surface area contributed by atoms with Gasteiger partial charge in [0.05, 0.1) is 44.4 Å². The van der Waals surface area contributed by atoms with E-state index in [1.54, 1.807) is 30.3 Å². The van der Waals surface area contributed by atoms with Gasteiger partial charge in [0, 0.05) is 11.8 Å². The van der Waals surface area contributed by atoms with Gasteiger partial charge in [-0.3, -0.25) is 9.36 Å². The zero-order valence-electron chi connectivity index (χ0n) is 17.7. The number of aliphatic hydroxyl groups excluding tert-OH is 1. The fraction of sp³-hybridized carbons (Fsp3) is 0.130. The highest BCUT2D eigenvalue weighted by molar-refractivity contribution is 7.90. The van der Waals surface area contributed by atoms with Gasteiger partial charge in [0.15, 0.2) is 21.8 Å². The number of aliphatic hydroxyl groups is 1.